The standard InChI is InChI=1S/C19H29N3O2/c1-14(2)19(4,13-20)21-18(23)12-22(5)15(3)11-16-7-9-17(24-6)10-8-16/h7-10,14-15H,11-12H2,1-6H3,(H,21,23). The number of rotatable bonds is 8. The third-order valence-electron chi connectivity index (χ3n) is 4.62. The van der Waals surface area contributed by atoms with E-state index in [4.69, 9.17) is 4.74 Å². The van der Waals surface area contributed by atoms with Crippen LogP contribution in [0.3, 0.4) is 0 Å². The fourth-order valence-electron chi connectivity index (χ4n) is 2.27. The van der Waals surface area contributed by atoms with E-state index in [2.05, 4.69) is 18.3 Å². The maximum Gasteiger partial charge on any atom is 0.235 e. The molecule has 0 heterocycles. The van der Waals surface area contributed by atoms with Crippen molar-refractivity contribution in [3.8, 4) is 11.8 Å². The molecule has 1 rings (SSSR count). The lowest BCUT2D eigenvalue weighted by molar-refractivity contribution is -0.124. The number of nitrogens with zero attached hydrogens (tertiary/aromatic N) is 2. The summed E-state index contributed by atoms with van der Waals surface area (Å²) in [5.41, 5.74) is 0.358. The van der Waals surface area contributed by atoms with Gasteiger partial charge in [-0.2, -0.15) is 5.26 Å². The second kappa shape index (κ2) is 8.70. The van der Waals surface area contributed by atoms with Gasteiger partial charge >= 0.3 is 0 Å². The van der Waals surface area contributed by atoms with Crippen LogP contribution in [0.5, 0.6) is 5.75 Å². The highest BCUT2D eigenvalue weighted by molar-refractivity contribution is 5.79. The molecule has 0 aliphatic heterocycles. The Morgan fingerprint density at radius 1 is 1.33 bits per heavy atom. The Morgan fingerprint density at radius 2 is 1.92 bits per heavy atom. The number of nitriles is 1. The number of methoxy groups -OCH3 is 1. The monoisotopic (exact) mass is 331 g/mol. The molecule has 0 radical (unpaired) electrons. The molecular formula is C19H29N3O2. The fraction of sp³-hybridized carbons (Fsp3) is 0.579. The van der Waals surface area contributed by atoms with E-state index in [-0.39, 0.29) is 24.4 Å². The van der Waals surface area contributed by atoms with Crippen LogP contribution >= 0.6 is 0 Å². The zero-order chi connectivity index (χ0) is 18.3. The van der Waals surface area contributed by atoms with Crippen molar-refractivity contribution in [3.63, 3.8) is 0 Å². The number of benzene rings is 1. The minimum atomic E-state index is -0.836. The summed E-state index contributed by atoms with van der Waals surface area (Å²) >= 11 is 0. The Hall–Kier alpha value is -2.06. The van der Waals surface area contributed by atoms with Crippen molar-refractivity contribution in [2.24, 2.45) is 5.92 Å². The van der Waals surface area contributed by atoms with Gasteiger partial charge in [0, 0.05) is 6.04 Å². The third kappa shape index (κ3) is 5.54. The Bertz CT molecular complexity index is 577. The predicted octanol–water partition coefficient (Wildman–Crippen LogP) is 2.61. The molecule has 0 aliphatic carbocycles. The Balaban J connectivity index is 2.58. The van der Waals surface area contributed by atoms with E-state index in [1.807, 2.05) is 50.1 Å². The largest absolute Gasteiger partial charge is 0.497 e. The van der Waals surface area contributed by atoms with Crippen LogP contribution in [0.2, 0.25) is 0 Å². The van der Waals surface area contributed by atoms with Gasteiger partial charge in [-0.3, -0.25) is 9.69 Å². The summed E-state index contributed by atoms with van der Waals surface area (Å²) < 4.78 is 5.16. The van der Waals surface area contributed by atoms with Crippen LogP contribution in [0.15, 0.2) is 24.3 Å². The van der Waals surface area contributed by atoms with Crippen LogP contribution in [0.1, 0.15) is 33.3 Å². The first-order valence-electron chi connectivity index (χ1n) is 8.27. The molecule has 5 heteroatoms. The molecule has 1 N–H and O–H groups in total. The van der Waals surface area contributed by atoms with Crippen LogP contribution in [-0.2, 0) is 11.2 Å². The normalized spacial score (nSPS) is 14.8. The quantitative estimate of drug-likeness (QED) is 0.795. The van der Waals surface area contributed by atoms with Gasteiger partial charge in [-0.05, 0) is 50.9 Å². The van der Waals surface area contributed by atoms with E-state index in [0.717, 1.165) is 12.2 Å². The maximum absolute atomic E-state index is 12.3. The molecule has 0 bridgehead atoms. The molecule has 24 heavy (non-hydrogen) atoms. The van der Waals surface area contributed by atoms with Gasteiger partial charge in [0.2, 0.25) is 5.91 Å². The molecule has 0 aliphatic rings. The van der Waals surface area contributed by atoms with Crippen molar-refractivity contribution in [2.75, 3.05) is 20.7 Å². The van der Waals surface area contributed by atoms with E-state index < -0.39 is 5.54 Å². The number of likely N-dealkylation sites (N-methyl/N-ethyl adjacent to an activating group) is 1. The predicted molar refractivity (Wildman–Crippen MR) is 95.8 cm³/mol. The van der Waals surface area contributed by atoms with E-state index in [0.29, 0.717) is 0 Å². The Labute approximate surface area is 145 Å². The second-order valence-corrected chi connectivity index (χ2v) is 6.83. The van der Waals surface area contributed by atoms with Gasteiger partial charge in [0.25, 0.3) is 0 Å². The van der Waals surface area contributed by atoms with Gasteiger partial charge < -0.3 is 10.1 Å². The summed E-state index contributed by atoms with van der Waals surface area (Å²) in [6.45, 7) is 7.97. The first-order chi connectivity index (χ1) is 11.2. The summed E-state index contributed by atoms with van der Waals surface area (Å²) in [4.78, 5) is 14.3. The minimum Gasteiger partial charge on any atom is -0.497 e. The van der Waals surface area contributed by atoms with Gasteiger partial charge in [-0.1, -0.05) is 26.0 Å². The highest BCUT2D eigenvalue weighted by Crippen LogP contribution is 2.16. The minimum absolute atomic E-state index is 0.0495. The lowest BCUT2D eigenvalue weighted by atomic mass is 9.90. The average molecular weight is 331 g/mol. The molecule has 2 unspecified atom stereocenters. The number of carbonyl (C=O) groups is 1. The molecule has 1 aromatic carbocycles. The summed E-state index contributed by atoms with van der Waals surface area (Å²) in [5, 5.41) is 12.1. The number of nitrogens with one attached hydrogen (secondary N) is 1. The van der Waals surface area contributed by atoms with Gasteiger partial charge in [0.15, 0.2) is 0 Å². The second-order valence-electron chi connectivity index (χ2n) is 6.83. The van der Waals surface area contributed by atoms with Gasteiger partial charge in [0.1, 0.15) is 11.3 Å². The van der Waals surface area contributed by atoms with Gasteiger partial charge in [-0.25, -0.2) is 0 Å². The first kappa shape index (κ1) is 20.0. The number of amides is 1. The van der Waals surface area contributed by atoms with Crippen molar-refractivity contribution >= 4 is 5.91 Å². The summed E-state index contributed by atoms with van der Waals surface area (Å²) in [5.74, 6) is 0.758. The van der Waals surface area contributed by atoms with E-state index >= 15 is 0 Å². The number of carbonyl (C=O) groups excluding carboxylic acids is 1. The van der Waals surface area contributed by atoms with Gasteiger partial charge in [0.05, 0.1) is 19.7 Å². The van der Waals surface area contributed by atoms with Crippen LogP contribution < -0.4 is 10.1 Å². The molecule has 0 saturated carbocycles. The summed E-state index contributed by atoms with van der Waals surface area (Å²) in [6.07, 6.45) is 0.841. The molecule has 2 atom stereocenters. The lowest BCUT2D eigenvalue weighted by Crippen LogP contribution is -2.52. The van der Waals surface area contributed by atoms with E-state index in [1.54, 1.807) is 14.0 Å². The molecule has 0 fully saturated rings. The molecule has 0 spiro atoms. The molecular weight excluding hydrogens is 302 g/mol. The molecule has 1 amide bonds. The zero-order valence-electron chi connectivity index (χ0n) is 15.6. The summed E-state index contributed by atoms with van der Waals surface area (Å²) in [7, 11) is 3.57. The van der Waals surface area contributed by atoms with Crippen molar-refractivity contribution in [2.45, 2.75) is 45.7 Å². The molecule has 132 valence electrons. The molecule has 1 aromatic rings. The topological polar surface area (TPSA) is 65.4 Å². The number of hydrogen-bond acceptors (Lipinski definition) is 4. The number of hydrogen-bond donors (Lipinski definition) is 1. The molecule has 0 aromatic heterocycles. The molecule has 0 saturated heterocycles. The van der Waals surface area contributed by atoms with Crippen LogP contribution in [0.4, 0.5) is 0 Å². The maximum atomic E-state index is 12.3. The highest BCUT2D eigenvalue weighted by atomic mass is 16.5. The fourth-order valence-corrected chi connectivity index (χ4v) is 2.27. The van der Waals surface area contributed by atoms with Crippen molar-refractivity contribution in [1.29, 1.82) is 5.26 Å². The smallest absolute Gasteiger partial charge is 0.235 e. The first-order valence-corrected chi connectivity index (χ1v) is 8.27. The number of ether oxygens (including phenoxy) is 1. The zero-order valence-corrected chi connectivity index (χ0v) is 15.6. The van der Waals surface area contributed by atoms with Crippen LogP contribution in [0, 0.1) is 17.2 Å². The van der Waals surface area contributed by atoms with E-state index in [9.17, 15) is 10.1 Å². The van der Waals surface area contributed by atoms with Crippen molar-refractivity contribution in [3.05, 3.63) is 29.8 Å². The lowest BCUT2D eigenvalue weighted by Gasteiger charge is -2.30. The van der Waals surface area contributed by atoms with Crippen LogP contribution in [0.25, 0.3) is 0 Å². The Kier molecular flexibility index (Phi) is 7.24. The van der Waals surface area contributed by atoms with E-state index in [1.165, 1.54) is 5.56 Å². The van der Waals surface area contributed by atoms with Crippen LogP contribution in [-0.4, -0.2) is 43.1 Å². The SMILES string of the molecule is COc1ccc(CC(C)N(C)CC(=O)NC(C)(C#N)C(C)C)cc1. The third-order valence-corrected chi connectivity index (χ3v) is 4.62. The van der Waals surface area contributed by atoms with Crippen molar-refractivity contribution in [1.82, 2.24) is 10.2 Å². The highest BCUT2D eigenvalue weighted by Gasteiger charge is 2.30. The van der Waals surface area contributed by atoms with Crippen molar-refractivity contribution < 1.29 is 9.53 Å². The molecule has 5 nitrogen and oxygen atoms in total. The Morgan fingerprint density at radius 3 is 2.38 bits per heavy atom. The van der Waals surface area contributed by atoms with Gasteiger partial charge in [-0.15, -0.1) is 0 Å². The average Bonchev–Trinajstić information content (AvgIpc) is 2.54. The summed E-state index contributed by atoms with van der Waals surface area (Å²) in [6, 6.07) is 10.4.